The standard InChI is InChI=1S/C19H36N4O3S/c1-20-18(21-15-19(27(2,24)25)9-13-26-14-10-19)22-16-7-11-23(12-8-16)17-5-3-4-6-17/h16-17H,3-15H2,1-2H3,(H2,20,21,22). The number of nitrogens with one attached hydrogen (secondary N) is 2. The minimum absolute atomic E-state index is 0.385. The molecule has 0 unspecified atom stereocenters. The first-order valence-electron chi connectivity index (χ1n) is 10.4. The highest BCUT2D eigenvalue weighted by atomic mass is 32.2. The molecule has 3 fully saturated rings. The lowest BCUT2D eigenvalue weighted by Crippen LogP contribution is -2.55. The van der Waals surface area contributed by atoms with Gasteiger partial charge in [0.2, 0.25) is 0 Å². The van der Waals surface area contributed by atoms with Gasteiger partial charge in [-0.15, -0.1) is 0 Å². The van der Waals surface area contributed by atoms with Crippen molar-refractivity contribution in [3.05, 3.63) is 0 Å². The second-order valence-electron chi connectivity index (χ2n) is 8.39. The Bertz CT molecular complexity index is 602. The fourth-order valence-corrected chi connectivity index (χ4v) is 5.98. The molecule has 8 heteroatoms. The van der Waals surface area contributed by atoms with Gasteiger partial charge in [-0.2, -0.15) is 0 Å². The smallest absolute Gasteiger partial charge is 0.191 e. The van der Waals surface area contributed by atoms with Crippen LogP contribution in [0, 0.1) is 0 Å². The summed E-state index contributed by atoms with van der Waals surface area (Å²) in [5.41, 5.74) is 0. The lowest BCUT2D eigenvalue weighted by Gasteiger charge is -2.38. The number of hydrogen-bond acceptors (Lipinski definition) is 5. The van der Waals surface area contributed by atoms with Crippen LogP contribution >= 0.6 is 0 Å². The molecule has 0 aromatic rings. The van der Waals surface area contributed by atoms with Gasteiger partial charge in [0, 0.05) is 58.2 Å². The maximum absolute atomic E-state index is 12.4. The summed E-state index contributed by atoms with van der Waals surface area (Å²) < 4.78 is 29.4. The van der Waals surface area contributed by atoms with E-state index in [1.807, 2.05) is 0 Å². The summed E-state index contributed by atoms with van der Waals surface area (Å²) >= 11 is 0. The van der Waals surface area contributed by atoms with E-state index in [4.69, 9.17) is 4.74 Å². The van der Waals surface area contributed by atoms with Gasteiger partial charge in [0.25, 0.3) is 0 Å². The molecule has 0 bridgehead atoms. The molecule has 1 aliphatic carbocycles. The molecule has 2 aliphatic heterocycles. The second-order valence-corrected chi connectivity index (χ2v) is 10.8. The first kappa shape index (κ1) is 20.9. The summed E-state index contributed by atoms with van der Waals surface area (Å²) in [5.74, 6) is 0.712. The second kappa shape index (κ2) is 9.09. The van der Waals surface area contributed by atoms with Crippen molar-refractivity contribution in [2.24, 2.45) is 4.99 Å². The van der Waals surface area contributed by atoms with Crippen LogP contribution in [0.4, 0.5) is 0 Å². The molecule has 2 saturated heterocycles. The van der Waals surface area contributed by atoms with Crippen LogP contribution in [-0.2, 0) is 14.6 Å². The van der Waals surface area contributed by atoms with Gasteiger partial charge >= 0.3 is 0 Å². The number of likely N-dealkylation sites (tertiary alicyclic amines) is 1. The van der Waals surface area contributed by atoms with Crippen molar-refractivity contribution in [3.8, 4) is 0 Å². The molecule has 156 valence electrons. The highest BCUT2D eigenvalue weighted by Gasteiger charge is 2.42. The third-order valence-electron chi connectivity index (χ3n) is 6.70. The van der Waals surface area contributed by atoms with Crippen LogP contribution in [-0.4, -0.2) is 82.3 Å². The van der Waals surface area contributed by atoms with Crippen LogP contribution in [0.5, 0.6) is 0 Å². The van der Waals surface area contributed by atoms with Gasteiger partial charge in [-0.3, -0.25) is 4.99 Å². The lowest BCUT2D eigenvalue weighted by molar-refractivity contribution is 0.0755. The monoisotopic (exact) mass is 400 g/mol. The van der Waals surface area contributed by atoms with Crippen molar-refractivity contribution in [1.29, 1.82) is 0 Å². The Morgan fingerprint density at radius 1 is 1.15 bits per heavy atom. The molecule has 0 amide bonds. The minimum Gasteiger partial charge on any atom is -0.381 e. The summed E-state index contributed by atoms with van der Waals surface area (Å²) in [7, 11) is -1.42. The predicted octanol–water partition coefficient (Wildman–Crippen LogP) is 1.15. The fraction of sp³-hybridized carbons (Fsp3) is 0.947. The molecule has 0 aromatic carbocycles. The number of hydrogen-bond donors (Lipinski definition) is 2. The fourth-order valence-electron chi connectivity index (χ4n) is 4.73. The zero-order chi connectivity index (χ0) is 19.3. The van der Waals surface area contributed by atoms with Crippen LogP contribution < -0.4 is 10.6 Å². The summed E-state index contributed by atoms with van der Waals surface area (Å²) in [5, 5.41) is 6.80. The molecular weight excluding hydrogens is 364 g/mol. The number of piperidine rings is 1. The van der Waals surface area contributed by atoms with E-state index in [-0.39, 0.29) is 0 Å². The van der Waals surface area contributed by atoms with Crippen LogP contribution in [0.25, 0.3) is 0 Å². The molecule has 0 atom stereocenters. The van der Waals surface area contributed by atoms with E-state index in [1.54, 1.807) is 7.05 Å². The Kier molecular flexibility index (Phi) is 7.03. The molecule has 3 aliphatic rings. The molecule has 2 heterocycles. The number of ether oxygens (including phenoxy) is 1. The molecule has 27 heavy (non-hydrogen) atoms. The highest BCUT2D eigenvalue weighted by molar-refractivity contribution is 7.92. The van der Waals surface area contributed by atoms with E-state index >= 15 is 0 Å². The average Bonchev–Trinajstić information content (AvgIpc) is 3.20. The van der Waals surface area contributed by atoms with Gasteiger partial charge in [-0.25, -0.2) is 8.42 Å². The van der Waals surface area contributed by atoms with Gasteiger partial charge in [-0.1, -0.05) is 12.8 Å². The van der Waals surface area contributed by atoms with E-state index in [2.05, 4.69) is 20.5 Å². The summed E-state index contributed by atoms with van der Waals surface area (Å²) in [6.07, 6.45) is 10.1. The van der Waals surface area contributed by atoms with Crippen LogP contribution in [0.3, 0.4) is 0 Å². The third kappa shape index (κ3) is 5.15. The first-order chi connectivity index (χ1) is 12.9. The summed E-state index contributed by atoms with van der Waals surface area (Å²) in [6.45, 7) is 3.67. The van der Waals surface area contributed by atoms with E-state index in [0.29, 0.717) is 44.6 Å². The molecule has 0 aromatic heterocycles. The maximum atomic E-state index is 12.4. The SMILES string of the molecule is CN=C(NCC1(S(C)(=O)=O)CCOCC1)NC1CCN(C2CCCC2)CC1. The Morgan fingerprint density at radius 2 is 1.78 bits per heavy atom. The predicted molar refractivity (Wildman–Crippen MR) is 109 cm³/mol. The van der Waals surface area contributed by atoms with E-state index in [0.717, 1.165) is 32.0 Å². The average molecular weight is 401 g/mol. The number of sulfone groups is 1. The van der Waals surface area contributed by atoms with Crippen LogP contribution in [0.15, 0.2) is 4.99 Å². The topological polar surface area (TPSA) is 83.0 Å². The Balaban J connectivity index is 1.49. The normalized spacial score (nSPS) is 26.2. The third-order valence-corrected chi connectivity index (χ3v) is 8.83. The zero-order valence-corrected chi connectivity index (χ0v) is 17.7. The van der Waals surface area contributed by atoms with Gasteiger partial charge in [0.15, 0.2) is 15.8 Å². The highest BCUT2D eigenvalue weighted by Crippen LogP contribution is 2.29. The van der Waals surface area contributed by atoms with Gasteiger partial charge in [0.05, 0.1) is 4.75 Å². The number of guanidine groups is 1. The molecule has 0 radical (unpaired) electrons. The zero-order valence-electron chi connectivity index (χ0n) is 16.9. The Labute approximate surface area is 164 Å². The molecule has 2 N–H and O–H groups in total. The van der Waals surface area contributed by atoms with Crippen molar-refractivity contribution < 1.29 is 13.2 Å². The van der Waals surface area contributed by atoms with Crippen molar-refractivity contribution in [3.63, 3.8) is 0 Å². The van der Waals surface area contributed by atoms with Gasteiger partial charge in [-0.05, 0) is 38.5 Å². The van der Waals surface area contributed by atoms with Crippen molar-refractivity contribution in [2.75, 3.05) is 46.2 Å². The number of aliphatic imine (C=N–C) groups is 1. The van der Waals surface area contributed by atoms with Crippen LogP contribution in [0.1, 0.15) is 51.4 Å². The molecule has 0 spiro atoms. The largest absolute Gasteiger partial charge is 0.381 e. The lowest BCUT2D eigenvalue weighted by atomic mass is 9.99. The number of nitrogens with zero attached hydrogens (tertiary/aromatic N) is 2. The van der Waals surface area contributed by atoms with E-state index in [9.17, 15) is 8.42 Å². The van der Waals surface area contributed by atoms with Crippen LogP contribution in [0.2, 0.25) is 0 Å². The minimum atomic E-state index is -3.17. The van der Waals surface area contributed by atoms with E-state index < -0.39 is 14.6 Å². The molecule has 3 rings (SSSR count). The summed E-state index contributed by atoms with van der Waals surface area (Å²) in [4.78, 5) is 6.99. The molecule has 1 saturated carbocycles. The summed E-state index contributed by atoms with van der Waals surface area (Å²) in [6, 6.07) is 1.20. The van der Waals surface area contributed by atoms with Gasteiger partial charge in [0.1, 0.15) is 0 Å². The first-order valence-corrected chi connectivity index (χ1v) is 12.3. The van der Waals surface area contributed by atoms with Crippen molar-refractivity contribution >= 4 is 15.8 Å². The molecular formula is C19H36N4O3S. The maximum Gasteiger partial charge on any atom is 0.191 e. The number of rotatable bonds is 5. The van der Waals surface area contributed by atoms with E-state index in [1.165, 1.54) is 31.9 Å². The van der Waals surface area contributed by atoms with Crippen molar-refractivity contribution in [1.82, 2.24) is 15.5 Å². The van der Waals surface area contributed by atoms with Gasteiger partial charge < -0.3 is 20.3 Å². The Morgan fingerprint density at radius 3 is 2.33 bits per heavy atom. The quantitative estimate of drug-likeness (QED) is 0.532. The van der Waals surface area contributed by atoms with Crippen molar-refractivity contribution in [2.45, 2.75) is 68.2 Å². The molecule has 7 nitrogen and oxygen atoms in total. The Hall–Kier alpha value is -0.860.